The van der Waals surface area contributed by atoms with E-state index >= 15 is 0 Å². The minimum Gasteiger partial charge on any atom is -0.490 e. The third-order valence-corrected chi connectivity index (χ3v) is 6.22. The van der Waals surface area contributed by atoms with Crippen molar-refractivity contribution in [3.8, 4) is 11.5 Å². The number of aryl methyl sites for hydroxylation is 1. The van der Waals surface area contributed by atoms with Crippen molar-refractivity contribution in [2.75, 3.05) is 11.9 Å². The van der Waals surface area contributed by atoms with Crippen LogP contribution in [0.5, 0.6) is 11.5 Å². The lowest BCUT2D eigenvalue weighted by Gasteiger charge is -2.18. The minimum atomic E-state index is -4.36. The van der Waals surface area contributed by atoms with Gasteiger partial charge in [0.2, 0.25) is 0 Å². The summed E-state index contributed by atoms with van der Waals surface area (Å²) in [5.41, 5.74) is 7.34. The number of nitrogens with two attached hydrogens (primary N) is 1. The highest BCUT2D eigenvalue weighted by molar-refractivity contribution is 7.87. The van der Waals surface area contributed by atoms with Crippen molar-refractivity contribution in [3.05, 3.63) is 53.1 Å². The number of rotatable bonds is 9. The second-order valence-corrected chi connectivity index (χ2v) is 9.50. The molecule has 0 spiro atoms. The molecular formula is C22H25N5O9S. The number of hydrogen-bond acceptors (Lipinski definition) is 8. The molecule has 14 nitrogen and oxygen atoms in total. The molecule has 1 aliphatic rings. The first-order valence-electron chi connectivity index (χ1n) is 10.9. The molecule has 8 N–H and O–H groups in total. The smallest absolute Gasteiger partial charge is 0.343 e. The number of carboxylic acid groups (broad SMARTS) is 2. The molecule has 3 rings (SSSR count). The molecule has 0 saturated carbocycles. The first-order chi connectivity index (χ1) is 17.4. The van der Waals surface area contributed by atoms with Crippen molar-refractivity contribution in [2.45, 2.75) is 31.8 Å². The number of guanidine groups is 1. The normalized spacial score (nSPS) is 14.2. The van der Waals surface area contributed by atoms with Crippen LogP contribution < -0.4 is 30.0 Å². The summed E-state index contributed by atoms with van der Waals surface area (Å²) < 4.78 is 39.6. The van der Waals surface area contributed by atoms with E-state index in [0.717, 1.165) is 0 Å². The van der Waals surface area contributed by atoms with Gasteiger partial charge in [-0.25, -0.2) is 4.79 Å². The number of carbonyl (C=O) groups is 3. The second-order valence-electron chi connectivity index (χ2n) is 7.96. The Kier molecular flexibility index (Phi) is 8.65. The Hall–Kier alpha value is -4.21. The molecule has 198 valence electrons. The number of benzene rings is 2. The number of esters is 1. The van der Waals surface area contributed by atoms with Crippen LogP contribution in [0.1, 0.15) is 34.3 Å². The Balaban J connectivity index is 1.74. The van der Waals surface area contributed by atoms with Crippen molar-refractivity contribution in [3.63, 3.8) is 0 Å². The third-order valence-electron chi connectivity index (χ3n) is 5.10. The zero-order chi connectivity index (χ0) is 27.2. The third kappa shape index (κ3) is 7.89. The summed E-state index contributed by atoms with van der Waals surface area (Å²) in [5, 5.41) is 27.8. The zero-order valence-electron chi connectivity index (χ0n) is 19.3. The van der Waals surface area contributed by atoms with Gasteiger partial charge in [-0.15, -0.1) is 0 Å². The number of ether oxygens (including phenoxy) is 2. The Morgan fingerprint density at radius 1 is 1.14 bits per heavy atom. The zero-order valence-corrected chi connectivity index (χ0v) is 20.1. The summed E-state index contributed by atoms with van der Waals surface area (Å²) in [6.07, 6.45) is 0.0651. The van der Waals surface area contributed by atoms with Gasteiger partial charge in [0.05, 0.1) is 18.6 Å². The van der Waals surface area contributed by atoms with Crippen LogP contribution >= 0.6 is 0 Å². The quantitative estimate of drug-likeness (QED) is 0.100. The predicted molar refractivity (Wildman–Crippen MR) is 130 cm³/mol. The summed E-state index contributed by atoms with van der Waals surface area (Å²) in [7, 11) is -4.36. The minimum absolute atomic E-state index is 0.112. The molecule has 2 aromatic rings. The maximum Gasteiger partial charge on any atom is 0.343 e. The highest BCUT2D eigenvalue weighted by Crippen LogP contribution is 2.31. The Morgan fingerprint density at radius 3 is 2.57 bits per heavy atom. The van der Waals surface area contributed by atoms with Crippen LogP contribution in [-0.4, -0.2) is 55.1 Å². The van der Waals surface area contributed by atoms with Crippen LogP contribution in [0.15, 0.2) is 36.4 Å². The van der Waals surface area contributed by atoms with Crippen LogP contribution in [0.2, 0.25) is 0 Å². The molecule has 0 aromatic heterocycles. The maximum atomic E-state index is 12.8. The summed E-state index contributed by atoms with van der Waals surface area (Å²) >= 11 is 0. The van der Waals surface area contributed by atoms with E-state index in [0.29, 0.717) is 35.2 Å². The average Bonchev–Trinajstić information content (AvgIpc) is 2.80. The average molecular weight is 536 g/mol. The number of fused-ring (bicyclic) bond motifs is 2. The molecule has 0 saturated heterocycles. The lowest BCUT2D eigenvalue weighted by atomic mass is 10.0. The van der Waals surface area contributed by atoms with Crippen molar-refractivity contribution in [2.24, 2.45) is 5.73 Å². The van der Waals surface area contributed by atoms with Crippen LogP contribution in [0.25, 0.3) is 0 Å². The molecule has 0 radical (unpaired) electrons. The number of aliphatic carboxylic acids is 2. The molecule has 1 heterocycles. The monoisotopic (exact) mass is 535 g/mol. The first kappa shape index (κ1) is 27.4. The number of anilines is 1. The predicted octanol–water partition coefficient (Wildman–Crippen LogP) is 0.388. The van der Waals surface area contributed by atoms with Crippen molar-refractivity contribution >= 4 is 39.8 Å². The van der Waals surface area contributed by atoms with Crippen molar-refractivity contribution in [1.29, 1.82) is 5.41 Å². The van der Waals surface area contributed by atoms with E-state index in [1.807, 2.05) is 0 Å². The van der Waals surface area contributed by atoms with Gasteiger partial charge in [-0.05, 0) is 54.3 Å². The van der Waals surface area contributed by atoms with Gasteiger partial charge in [0, 0.05) is 12.2 Å². The molecule has 0 aliphatic carbocycles. The van der Waals surface area contributed by atoms with Crippen LogP contribution in [0, 0.1) is 5.41 Å². The van der Waals surface area contributed by atoms with Gasteiger partial charge in [-0.2, -0.15) is 17.9 Å². The first-order valence-corrected chi connectivity index (χ1v) is 12.3. The topological polar surface area (TPSA) is 230 Å². The summed E-state index contributed by atoms with van der Waals surface area (Å²) in [6.45, 7) is -0.0331. The van der Waals surface area contributed by atoms with Gasteiger partial charge in [0.1, 0.15) is 6.04 Å². The summed E-state index contributed by atoms with van der Waals surface area (Å²) in [5.74, 6) is -3.68. The highest BCUT2D eigenvalue weighted by atomic mass is 32.2. The standard InChI is InChI=1S/C22H25N5O9S/c23-22(24)26-14-4-5-15-13(9-14)2-1-7-35-18-8-12(3-6-17(18)36-21(15)32)11-25-37(33,34)27-16(20(30)31)10-19(28)29/h3-6,8-9,16,25,27H,1-2,7,10-11H2,(H,28,29)(H,30,31)(H4,23,24,26)/t16-/m0/s1. The van der Waals surface area contributed by atoms with E-state index in [2.05, 4.69) is 10.0 Å². The molecule has 0 amide bonds. The van der Waals surface area contributed by atoms with Gasteiger partial charge >= 0.3 is 17.9 Å². The molecule has 2 aromatic carbocycles. The molecular weight excluding hydrogens is 510 g/mol. The van der Waals surface area contributed by atoms with Crippen LogP contribution in [-0.2, 0) is 32.8 Å². The second kappa shape index (κ2) is 11.7. The van der Waals surface area contributed by atoms with Crippen LogP contribution in [0.4, 0.5) is 5.69 Å². The Morgan fingerprint density at radius 2 is 1.89 bits per heavy atom. The number of carbonyl (C=O) groups excluding carboxylic acids is 1. The molecule has 37 heavy (non-hydrogen) atoms. The SMILES string of the molecule is N=C(N)Nc1ccc2c(c1)CCCOc1cc(CNS(=O)(=O)N[C@@H](CC(=O)O)C(=O)O)ccc1OC2=O. The highest BCUT2D eigenvalue weighted by Gasteiger charge is 2.26. The fraction of sp³-hybridized carbons (Fsp3) is 0.273. The fourth-order valence-electron chi connectivity index (χ4n) is 3.45. The lowest BCUT2D eigenvalue weighted by molar-refractivity contribution is -0.145. The number of carboxylic acids is 2. The molecule has 0 fully saturated rings. The molecule has 0 bridgehead atoms. The van der Waals surface area contributed by atoms with E-state index in [1.165, 1.54) is 18.2 Å². The van der Waals surface area contributed by atoms with Crippen LogP contribution in [0.3, 0.4) is 0 Å². The lowest BCUT2D eigenvalue weighted by Crippen LogP contribution is -2.47. The Labute approximate surface area is 211 Å². The van der Waals surface area contributed by atoms with Crippen molar-refractivity contribution in [1.82, 2.24) is 9.44 Å². The molecule has 1 atom stereocenters. The number of hydrogen-bond donors (Lipinski definition) is 7. The molecule has 1 aliphatic heterocycles. The molecule has 15 heteroatoms. The van der Waals surface area contributed by atoms with Gasteiger partial charge < -0.3 is 30.7 Å². The van der Waals surface area contributed by atoms with Gasteiger partial charge in [-0.3, -0.25) is 15.0 Å². The van der Waals surface area contributed by atoms with Gasteiger partial charge in [0.25, 0.3) is 10.2 Å². The van der Waals surface area contributed by atoms with Crippen molar-refractivity contribution < 1.29 is 42.5 Å². The largest absolute Gasteiger partial charge is 0.490 e. The van der Waals surface area contributed by atoms with Gasteiger partial charge in [-0.1, -0.05) is 6.07 Å². The number of nitrogens with one attached hydrogen (secondary N) is 4. The maximum absolute atomic E-state index is 12.8. The van der Waals surface area contributed by atoms with E-state index in [9.17, 15) is 22.8 Å². The van der Waals surface area contributed by atoms with E-state index in [-0.39, 0.29) is 30.6 Å². The summed E-state index contributed by atoms with van der Waals surface area (Å²) in [6, 6.07) is 7.40. The van der Waals surface area contributed by atoms with E-state index < -0.39 is 40.6 Å². The fourth-order valence-corrected chi connectivity index (χ4v) is 4.45. The molecule has 0 unspecified atom stereocenters. The van der Waals surface area contributed by atoms with E-state index in [4.69, 9.17) is 30.8 Å². The summed E-state index contributed by atoms with van der Waals surface area (Å²) in [4.78, 5) is 34.7. The Bertz CT molecular complexity index is 1330. The van der Waals surface area contributed by atoms with E-state index in [1.54, 1.807) is 22.9 Å². The van der Waals surface area contributed by atoms with Gasteiger partial charge in [0.15, 0.2) is 17.5 Å².